The largest absolute Gasteiger partial charge is 0.378 e. The molecule has 2 fully saturated rings. The van der Waals surface area contributed by atoms with E-state index >= 15 is 0 Å². The third-order valence-corrected chi connectivity index (χ3v) is 7.27. The lowest BCUT2D eigenvalue weighted by Gasteiger charge is -2.36. The molecule has 0 bridgehead atoms. The van der Waals surface area contributed by atoms with Crippen molar-refractivity contribution in [2.45, 2.75) is 64.7 Å². The molecule has 1 aliphatic carbocycles. The number of pyridine rings is 1. The Kier molecular flexibility index (Phi) is 6.75. The number of ether oxygens (including phenoxy) is 2. The summed E-state index contributed by atoms with van der Waals surface area (Å²) in [5.41, 5.74) is 4.02. The number of hydrogen-bond donors (Lipinski definition) is 1. The van der Waals surface area contributed by atoms with E-state index in [9.17, 15) is 4.79 Å². The van der Waals surface area contributed by atoms with E-state index in [0.717, 1.165) is 80.4 Å². The molecule has 0 radical (unpaired) electrons. The van der Waals surface area contributed by atoms with Gasteiger partial charge in [0.2, 0.25) is 5.91 Å². The number of benzene rings is 1. The Labute approximate surface area is 203 Å². The van der Waals surface area contributed by atoms with Gasteiger partial charge in [0.25, 0.3) is 0 Å². The van der Waals surface area contributed by atoms with Gasteiger partial charge in [-0.1, -0.05) is 6.07 Å². The van der Waals surface area contributed by atoms with Crippen molar-refractivity contribution in [2.75, 3.05) is 41.4 Å². The van der Waals surface area contributed by atoms with Gasteiger partial charge in [0.15, 0.2) is 0 Å². The molecule has 2 aliphatic heterocycles. The fraction of sp³-hybridized carbons (Fsp3) is 0.556. The third-order valence-electron chi connectivity index (χ3n) is 7.27. The number of amides is 1. The van der Waals surface area contributed by atoms with Crippen molar-refractivity contribution in [1.82, 2.24) is 4.98 Å². The first kappa shape index (κ1) is 23.1. The molecule has 184 valence electrons. The molecule has 7 heteroatoms. The van der Waals surface area contributed by atoms with Crippen LogP contribution in [0.15, 0.2) is 36.5 Å². The summed E-state index contributed by atoms with van der Waals surface area (Å²) in [5, 5.41) is 3.51. The zero-order valence-corrected chi connectivity index (χ0v) is 20.5. The highest BCUT2D eigenvalue weighted by Gasteiger charge is 2.36. The molecule has 3 aliphatic rings. The molecule has 5 rings (SSSR count). The van der Waals surface area contributed by atoms with Crippen LogP contribution in [0.5, 0.6) is 0 Å². The average molecular weight is 467 g/mol. The smallest absolute Gasteiger partial charge is 0.230 e. The predicted octanol–water partition coefficient (Wildman–Crippen LogP) is 5.30. The molecule has 1 N–H and O–H groups in total. The summed E-state index contributed by atoms with van der Waals surface area (Å²) < 4.78 is 11.6. The van der Waals surface area contributed by atoms with Crippen molar-refractivity contribution in [2.24, 2.45) is 5.92 Å². The Balaban J connectivity index is 0.00000289. The van der Waals surface area contributed by atoms with Crippen LogP contribution in [-0.4, -0.2) is 49.4 Å². The molecule has 1 unspecified atom stereocenters. The standard InChI is InChI=1S/C27H36N4O3.H2/c1-18(2)34-22-9-6-20(7-10-22)27(32)31-19(3)23-5-4-12-28-26(23)29-24-11-8-21(17-25(24)31)30-13-15-33-16-14-30;/h4-5,8,11-12,17-20,22H,6-7,9-10,13-16H2,1-3H3,(H,28,29);1H. The Bertz CT molecular complexity index is 1020. The number of hydrogen-bond acceptors (Lipinski definition) is 6. The zero-order chi connectivity index (χ0) is 23.7. The van der Waals surface area contributed by atoms with Gasteiger partial charge in [0, 0.05) is 37.9 Å². The van der Waals surface area contributed by atoms with Gasteiger partial charge in [-0.05, 0) is 70.7 Å². The van der Waals surface area contributed by atoms with Gasteiger partial charge < -0.3 is 24.6 Å². The molecule has 3 heterocycles. The summed E-state index contributed by atoms with van der Waals surface area (Å²) in [6.45, 7) is 9.45. The van der Waals surface area contributed by atoms with E-state index in [1.807, 2.05) is 11.0 Å². The van der Waals surface area contributed by atoms with Gasteiger partial charge in [0.1, 0.15) is 5.82 Å². The van der Waals surface area contributed by atoms with E-state index in [2.05, 4.69) is 60.2 Å². The van der Waals surface area contributed by atoms with Gasteiger partial charge in [-0.15, -0.1) is 0 Å². The maximum atomic E-state index is 14.1. The summed E-state index contributed by atoms with van der Waals surface area (Å²) in [5.74, 6) is 1.03. The second-order valence-corrected chi connectivity index (χ2v) is 9.91. The molecule has 7 nitrogen and oxygen atoms in total. The van der Waals surface area contributed by atoms with Crippen LogP contribution >= 0.6 is 0 Å². The second-order valence-electron chi connectivity index (χ2n) is 9.91. The fourth-order valence-electron chi connectivity index (χ4n) is 5.51. The van der Waals surface area contributed by atoms with Crippen LogP contribution in [-0.2, 0) is 14.3 Å². The van der Waals surface area contributed by atoms with Crippen molar-refractivity contribution < 1.29 is 15.7 Å². The van der Waals surface area contributed by atoms with E-state index in [4.69, 9.17) is 9.47 Å². The molecule has 1 atom stereocenters. The van der Waals surface area contributed by atoms with Gasteiger partial charge in [-0.25, -0.2) is 4.98 Å². The fourth-order valence-corrected chi connectivity index (χ4v) is 5.51. The molecule has 1 amide bonds. The number of aromatic nitrogens is 1. The molecular formula is C27H38N4O3. The van der Waals surface area contributed by atoms with Crippen molar-refractivity contribution in [3.05, 3.63) is 42.1 Å². The minimum atomic E-state index is -0.116. The molecule has 1 aromatic heterocycles. The molecular weight excluding hydrogens is 428 g/mol. The van der Waals surface area contributed by atoms with Gasteiger partial charge in [-0.2, -0.15) is 0 Å². The van der Waals surface area contributed by atoms with Crippen molar-refractivity contribution in [1.29, 1.82) is 0 Å². The SMILES string of the molecule is CC(C)OC1CCC(C(=O)N2c3cc(N4CCOCC4)ccc3Nc3ncccc3C2C)CC1.[HH]. The highest BCUT2D eigenvalue weighted by Crippen LogP contribution is 2.44. The number of fused-ring (bicyclic) bond motifs is 2. The summed E-state index contributed by atoms with van der Waals surface area (Å²) in [6.07, 6.45) is 5.90. The number of carbonyl (C=O) groups is 1. The van der Waals surface area contributed by atoms with Crippen molar-refractivity contribution in [3.63, 3.8) is 0 Å². The molecule has 0 spiro atoms. The number of morpholine rings is 1. The monoisotopic (exact) mass is 466 g/mol. The third kappa shape index (κ3) is 4.64. The minimum absolute atomic E-state index is 0. The lowest BCUT2D eigenvalue weighted by molar-refractivity contribution is -0.125. The molecule has 1 saturated carbocycles. The summed E-state index contributed by atoms with van der Waals surface area (Å²) in [4.78, 5) is 23.1. The van der Waals surface area contributed by atoms with Gasteiger partial charge in [-0.3, -0.25) is 4.79 Å². The summed E-state index contributed by atoms with van der Waals surface area (Å²) >= 11 is 0. The maximum absolute atomic E-state index is 14.1. The van der Waals surface area contributed by atoms with E-state index in [-0.39, 0.29) is 31.5 Å². The lowest BCUT2D eigenvalue weighted by Crippen LogP contribution is -2.40. The molecule has 34 heavy (non-hydrogen) atoms. The summed E-state index contributed by atoms with van der Waals surface area (Å²) in [7, 11) is 0. The van der Waals surface area contributed by atoms with Gasteiger partial charge in [0.05, 0.1) is 42.8 Å². The molecule has 1 saturated heterocycles. The number of nitrogens with one attached hydrogen (secondary N) is 1. The average Bonchev–Trinajstić information content (AvgIpc) is 2.97. The topological polar surface area (TPSA) is 66.9 Å². The quantitative estimate of drug-likeness (QED) is 0.660. The molecule has 2 aromatic rings. The normalized spacial score (nSPS) is 24.8. The number of rotatable bonds is 4. The van der Waals surface area contributed by atoms with Crippen LogP contribution in [0.2, 0.25) is 0 Å². The van der Waals surface area contributed by atoms with Crippen LogP contribution in [0.3, 0.4) is 0 Å². The first-order valence-corrected chi connectivity index (χ1v) is 12.7. The second kappa shape index (κ2) is 9.92. The minimum Gasteiger partial charge on any atom is -0.378 e. The number of nitrogens with zero attached hydrogens (tertiary/aromatic N) is 3. The highest BCUT2D eigenvalue weighted by molar-refractivity contribution is 6.01. The first-order valence-electron chi connectivity index (χ1n) is 12.7. The van der Waals surface area contributed by atoms with Crippen molar-refractivity contribution >= 4 is 28.8 Å². The van der Waals surface area contributed by atoms with Crippen LogP contribution < -0.4 is 15.1 Å². The van der Waals surface area contributed by atoms with E-state index in [1.54, 1.807) is 6.20 Å². The molecule has 1 aromatic carbocycles. The van der Waals surface area contributed by atoms with Crippen LogP contribution in [0.4, 0.5) is 22.9 Å². The Morgan fingerprint density at radius 2 is 1.94 bits per heavy atom. The van der Waals surface area contributed by atoms with Gasteiger partial charge >= 0.3 is 0 Å². The van der Waals surface area contributed by atoms with E-state index < -0.39 is 0 Å². The number of anilines is 4. The van der Waals surface area contributed by atoms with E-state index in [1.165, 1.54) is 0 Å². The predicted molar refractivity (Wildman–Crippen MR) is 137 cm³/mol. The zero-order valence-electron chi connectivity index (χ0n) is 20.5. The van der Waals surface area contributed by atoms with Crippen LogP contribution in [0.1, 0.15) is 59.5 Å². The van der Waals surface area contributed by atoms with Crippen molar-refractivity contribution in [3.8, 4) is 0 Å². The lowest BCUT2D eigenvalue weighted by atomic mass is 9.85. The van der Waals surface area contributed by atoms with Crippen LogP contribution in [0, 0.1) is 5.92 Å². The maximum Gasteiger partial charge on any atom is 0.230 e. The Hall–Kier alpha value is -2.64. The first-order chi connectivity index (χ1) is 16.5. The summed E-state index contributed by atoms with van der Waals surface area (Å²) in [6, 6.07) is 10.3. The van der Waals surface area contributed by atoms with Crippen LogP contribution in [0.25, 0.3) is 0 Å². The Morgan fingerprint density at radius 1 is 1.18 bits per heavy atom. The number of carbonyl (C=O) groups excluding carboxylic acids is 1. The Morgan fingerprint density at radius 3 is 2.68 bits per heavy atom. The highest BCUT2D eigenvalue weighted by atomic mass is 16.5. The van der Waals surface area contributed by atoms with E-state index in [0.29, 0.717) is 0 Å².